The molecule has 14 heavy (non-hydrogen) atoms. The molecular formula is C11H19N3. The Morgan fingerprint density at radius 2 is 2.29 bits per heavy atom. The van der Waals surface area contributed by atoms with Crippen molar-refractivity contribution in [2.45, 2.75) is 45.1 Å². The van der Waals surface area contributed by atoms with Crippen LogP contribution in [0.25, 0.3) is 0 Å². The molecule has 1 saturated carbocycles. The van der Waals surface area contributed by atoms with Gasteiger partial charge in [0.1, 0.15) is 5.82 Å². The van der Waals surface area contributed by atoms with E-state index in [0.717, 1.165) is 17.4 Å². The van der Waals surface area contributed by atoms with Crippen molar-refractivity contribution in [2.75, 3.05) is 0 Å². The van der Waals surface area contributed by atoms with Crippen molar-refractivity contribution in [1.29, 1.82) is 0 Å². The minimum atomic E-state index is 0.564. The quantitative estimate of drug-likeness (QED) is 0.756. The fourth-order valence-electron chi connectivity index (χ4n) is 2.39. The van der Waals surface area contributed by atoms with Gasteiger partial charge in [-0.25, -0.2) is 4.98 Å². The van der Waals surface area contributed by atoms with E-state index in [2.05, 4.69) is 16.9 Å². The summed E-state index contributed by atoms with van der Waals surface area (Å²) in [6.07, 6.45) is 7.20. The molecule has 3 heteroatoms. The molecule has 3 nitrogen and oxygen atoms in total. The summed E-state index contributed by atoms with van der Waals surface area (Å²) in [5, 5.41) is 0. The second-order valence-electron chi connectivity index (χ2n) is 4.37. The fourth-order valence-corrected chi connectivity index (χ4v) is 2.39. The van der Waals surface area contributed by atoms with Gasteiger partial charge in [-0.3, -0.25) is 0 Å². The number of H-pyrrole nitrogens is 1. The van der Waals surface area contributed by atoms with Crippen LogP contribution < -0.4 is 5.73 Å². The minimum Gasteiger partial charge on any atom is -0.345 e. The van der Waals surface area contributed by atoms with Crippen LogP contribution in [0.3, 0.4) is 0 Å². The maximum Gasteiger partial charge on any atom is 0.109 e. The highest BCUT2D eigenvalue weighted by Gasteiger charge is 2.24. The SMILES string of the molecule is CC1CCCCC1c1ncc(CN)[nH]1. The van der Waals surface area contributed by atoms with E-state index in [4.69, 9.17) is 5.73 Å². The predicted octanol–water partition coefficient (Wildman–Crippen LogP) is 2.16. The topological polar surface area (TPSA) is 54.7 Å². The predicted molar refractivity (Wildman–Crippen MR) is 56.9 cm³/mol. The summed E-state index contributed by atoms with van der Waals surface area (Å²) >= 11 is 0. The van der Waals surface area contributed by atoms with Gasteiger partial charge < -0.3 is 10.7 Å². The summed E-state index contributed by atoms with van der Waals surface area (Å²) in [5.74, 6) is 2.54. The monoisotopic (exact) mass is 193 g/mol. The Bertz CT molecular complexity index is 292. The van der Waals surface area contributed by atoms with E-state index in [1.807, 2.05) is 6.20 Å². The molecule has 1 aliphatic carbocycles. The second kappa shape index (κ2) is 4.13. The molecule has 1 heterocycles. The zero-order valence-corrected chi connectivity index (χ0v) is 8.79. The van der Waals surface area contributed by atoms with Crippen molar-refractivity contribution in [3.05, 3.63) is 17.7 Å². The average molecular weight is 193 g/mol. The first kappa shape index (κ1) is 9.71. The van der Waals surface area contributed by atoms with Gasteiger partial charge in [0.05, 0.1) is 0 Å². The normalized spacial score (nSPS) is 27.9. The maximum absolute atomic E-state index is 5.56. The summed E-state index contributed by atoms with van der Waals surface area (Å²) in [7, 11) is 0. The van der Waals surface area contributed by atoms with E-state index >= 15 is 0 Å². The van der Waals surface area contributed by atoms with Gasteiger partial charge in [-0.1, -0.05) is 26.2 Å². The largest absolute Gasteiger partial charge is 0.345 e. The molecule has 0 spiro atoms. The number of hydrogen-bond donors (Lipinski definition) is 2. The first-order chi connectivity index (χ1) is 6.81. The summed E-state index contributed by atoms with van der Waals surface area (Å²) in [6, 6.07) is 0. The molecule has 0 amide bonds. The Morgan fingerprint density at radius 1 is 1.50 bits per heavy atom. The van der Waals surface area contributed by atoms with Crippen LogP contribution in [-0.2, 0) is 6.54 Å². The third-order valence-corrected chi connectivity index (χ3v) is 3.33. The van der Waals surface area contributed by atoms with Crippen molar-refractivity contribution in [3.8, 4) is 0 Å². The molecule has 1 aromatic rings. The summed E-state index contributed by atoms with van der Waals surface area (Å²) in [4.78, 5) is 7.75. The van der Waals surface area contributed by atoms with E-state index in [0.29, 0.717) is 12.5 Å². The number of nitrogens with one attached hydrogen (secondary N) is 1. The third kappa shape index (κ3) is 1.82. The molecule has 2 atom stereocenters. The van der Waals surface area contributed by atoms with Gasteiger partial charge >= 0.3 is 0 Å². The van der Waals surface area contributed by atoms with Crippen molar-refractivity contribution in [3.63, 3.8) is 0 Å². The standard InChI is InChI=1S/C11H19N3/c1-8-4-2-3-5-10(8)11-13-7-9(6-12)14-11/h7-8,10H,2-6,12H2,1H3,(H,13,14). The molecule has 2 unspecified atom stereocenters. The number of hydrogen-bond acceptors (Lipinski definition) is 2. The second-order valence-corrected chi connectivity index (χ2v) is 4.37. The molecule has 0 aliphatic heterocycles. The zero-order valence-electron chi connectivity index (χ0n) is 8.79. The van der Waals surface area contributed by atoms with Gasteiger partial charge in [-0.05, 0) is 12.3 Å². The molecular weight excluding hydrogens is 174 g/mol. The number of imidazole rings is 1. The smallest absolute Gasteiger partial charge is 0.109 e. The van der Waals surface area contributed by atoms with Gasteiger partial charge in [0.2, 0.25) is 0 Å². The summed E-state index contributed by atoms with van der Waals surface area (Å²) < 4.78 is 0. The number of aromatic amines is 1. The average Bonchev–Trinajstić information content (AvgIpc) is 2.67. The first-order valence-electron chi connectivity index (χ1n) is 5.55. The summed E-state index contributed by atoms with van der Waals surface area (Å²) in [6.45, 7) is 2.89. The van der Waals surface area contributed by atoms with Crippen LogP contribution in [0.4, 0.5) is 0 Å². The van der Waals surface area contributed by atoms with Crippen molar-refractivity contribution in [2.24, 2.45) is 11.7 Å². The van der Waals surface area contributed by atoms with Gasteiger partial charge in [0.25, 0.3) is 0 Å². The lowest BCUT2D eigenvalue weighted by atomic mass is 9.80. The first-order valence-corrected chi connectivity index (χ1v) is 5.55. The number of aromatic nitrogens is 2. The Balaban J connectivity index is 2.12. The Kier molecular flexibility index (Phi) is 2.87. The lowest BCUT2D eigenvalue weighted by Crippen LogP contribution is -2.16. The van der Waals surface area contributed by atoms with Crippen LogP contribution in [0.15, 0.2) is 6.20 Å². The van der Waals surface area contributed by atoms with Gasteiger partial charge in [-0.15, -0.1) is 0 Å². The Hall–Kier alpha value is -0.830. The molecule has 0 aromatic carbocycles. The highest BCUT2D eigenvalue weighted by atomic mass is 14.9. The molecule has 0 saturated heterocycles. The van der Waals surface area contributed by atoms with Crippen molar-refractivity contribution in [1.82, 2.24) is 9.97 Å². The van der Waals surface area contributed by atoms with Crippen LogP contribution in [0.1, 0.15) is 50.0 Å². The van der Waals surface area contributed by atoms with Gasteiger partial charge in [-0.2, -0.15) is 0 Å². The van der Waals surface area contributed by atoms with Crippen LogP contribution in [0, 0.1) is 5.92 Å². The number of nitrogens with two attached hydrogens (primary N) is 1. The fraction of sp³-hybridized carbons (Fsp3) is 0.727. The molecule has 0 bridgehead atoms. The van der Waals surface area contributed by atoms with Crippen LogP contribution in [-0.4, -0.2) is 9.97 Å². The molecule has 1 aromatic heterocycles. The highest BCUT2D eigenvalue weighted by molar-refractivity contribution is 5.07. The van der Waals surface area contributed by atoms with Crippen LogP contribution in [0.2, 0.25) is 0 Å². The summed E-state index contributed by atoms with van der Waals surface area (Å²) in [5.41, 5.74) is 6.61. The lowest BCUT2D eigenvalue weighted by Gasteiger charge is -2.26. The number of nitrogens with zero attached hydrogens (tertiary/aromatic N) is 1. The zero-order chi connectivity index (χ0) is 9.97. The molecule has 1 aliphatic rings. The van der Waals surface area contributed by atoms with Crippen molar-refractivity contribution >= 4 is 0 Å². The van der Waals surface area contributed by atoms with Gasteiger partial charge in [0, 0.05) is 24.4 Å². The minimum absolute atomic E-state index is 0.564. The third-order valence-electron chi connectivity index (χ3n) is 3.33. The van der Waals surface area contributed by atoms with E-state index < -0.39 is 0 Å². The Morgan fingerprint density at radius 3 is 2.93 bits per heavy atom. The molecule has 0 radical (unpaired) electrons. The molecule has 1 fully saturated rings. The molecule has 3 N–H and O–H groups in total. The van der Waals surface area contributed by atoms with Crippen molar-refractivity contribution < 1.29 is 0 Å². The maximum atomic E-state index is 5.56. The number of rotatable bonds is 2. The molecule has 2 rings (SSSR count). The Labute approximate surface area is 85.1 Å². The van der Waals surface area contributed by atoms with Crippen LogP contribution >= 0.6 is 0 Å². The highest BCUT2D eigenvalue weighted by Crippen LogP contribution is 2.35. The van der Waals surface area contributed by atoms with E-state index in [9.17, 15) is 0 Å². The van der Waals surface area contributed by atoms with Crippen LogP contribution in [0.5, 0.6) is 0 Å². The van der Waals surface area contributed by atoms with E-state index in [1.165, 1.54) is 25.7 Å². The van der Waals surface area contributed by atoms with Gasteiger partial charge in [0.15, 0.2) is 0 Å². The lowest BCUT2D eigenvalue weighted by molar-refractivity contribution is 0.321. The van der Waals surface area contributed by atoms with E-state index in [1.54, 1.807) is 0 Å². The van der Waals surface area contributed by atoms with E-state index in [-0.39, 0.29) is 0 Å². The molecule has 78 valence electrons.